The fraction of sp³-hybridized carbons (Fsp3) is 1.00. The molecule has 0 amide bonds. The van der Waals surface area contributed by atoms with Gasteiger partial charge in [0.1, 0.15) is 0 Å². The molecule has 1 rings (SSSR count). The van der Waals surface area contributed by atoms with E-state index in [2.05, 4.69) is 0 Å². The van der Waals surface area contributed by atoms with Gasteiger partial charge in [-0.2, -0.15) is 0 Å². The van der Waals surface area contributed by atoms with Crippen molar-refractivity contribution in [3.8, 4) is 0 Å². The van der Waals surface area contributed by atoms with E-state index in [1.54, 1.807) is 0 Å². The molecule has 0 saturated carbocycles. The first-order valence-corrected chi connectivity index (χ1v) is 7.60. The molecule has 5 nitrogen and oxygen atoms in total. The Morgan fingerprint density at radius 1 is 1.18 bits per heavy atom. The average Bonchev–Trinajstić information content (AvgIpc) is 2.29. The molecule has 100 valence electrons. The van der Waals surface area contributed by atoms with Crippen LogP contribution in [0.3, 0.4) is 0 Å². The quantitative estimate of drug-likeness (QED) is 0.599. The zero-order chi connectivity index (χ0) is 13.5. The predicted molar refractivity (Wildman–Crippen MR) is 66.8 cm³/mol. The summed E-state index contributed by atoms with van der Waals surface area (Å²) in [5.74, 6) is 0. The van der Waals surface area contributed by atoms with Crippen LogP contribution in [0.25, 0.3) is 0 Å². The second-order valence-corrected chi connectivity index (χ2v) is 7.41. The summed E-state index contributed by atoms with van der Waals surface area (Å²) in [6, 6.07) is 0. The van der Waals surface area contributed by atoms with Crippen LogP contribution < -0.4 is 0 Å². The molecule has 7 heteroatoms. The fourth-order valence-corrected chi connectivity index (χ4v) is 2.84. The lowest BCUT2D eigenvalue weighted by Gasteiger charge is -2.32. The zero-order valence-corrected chi connectivity index (χ0v) is 12.0. The minimum absolute atomic E-state index is 0.390. The number of rotatable bonds is 4. The third-order valence-electron chi connectivity index (χ3n) is 3.60. The van der Waals surface area contributed by atoms with Gasteiger partial charge in [-0.25, -0.2) is 0 Å². The lowest BCUT2D eigenvalue weighted by Crippen LogP contribution is -2.41. The molecule has 0 bridgehead atoms. The van der Waals surface area contributed by atoms with Crippen molar-refractivity contribution in [3.05, 3.63) is 0 Å². The van der Waals surface area contributed by atoms with Crippen LogP contribution in [0.5, 0.6) is 0 Å². The molecule has 2 N–H and O–H groups in total. The largest absolute Gasteiger partial charge is 0.473 e. The molecule has 1 atom stereocenters. The van der Waals surface area contributed by atoms with Crippen LogP contribution >= 0.6 is 7.60 Å². The van der Waals surface area contributed by atoms with E-state index in [9.17, 15) is 14.4 Å². The van der Waals surface area contributed by atoms with Gasteiger partial charge in [0.15, 0.2) is 0 Å². The van der Waals surface area contributed by atoms with Crippen LogP contribution in [0.15, 0.2) is 0 Å². The van der Waals surface area contributed by atoms with E-state index in [-0.39, 0.29) is 0 Å². The first-order valence-electron chi connectivity index (χ1n) is 5.92. The van der Waals surface area contributed by atoms with Gasteiger partial charge in [-0.3, -0.25) is 4.57 Å². The molecule has 0 aromatic rings. The van der Waals surface area contributed by atoms with Gasteiger partial charge in [-0.1, -0.05) is 13.3 Å². The van der Waals surface area contributed by atoms with Crippen molar-refractivity contribution in [2.75, 3.05) is 0 Å². The molecule has 0 radical (unpaired) electrons. The van der Waals surface area contributed by atoms with Gasteiger partial charge in [0.25, 0.3) is 0 Å². The Balaban J connectivity index is 2.91. The molecule has 1 heterocycles. The van der Waals surface area contributed by atoms with Crippen molar-refractivity contribution in [2.24, 2.45) is 0 Å². The highest BCUT2D eigenvalue weighted by molar-refractivity contribution is 7.55. The Morgan fingerprint density at radius 3 is 1.88 bits per heavy atom. The molecule has 1 fully saturated rings. The van der Waals surface area contributed by atoms with E-state index in [1.165, 1.54) is 0 Å². The van der Waals surface area contributed by atoms with Gasteiger partial charge in [-0.05, 0) is 34.1 Å². The van der Waals surface area contributed by atoms with Crippen molar-refractivity contribution in [2.45, 2.75) is 64.2 Å². The van der Waals surface area contributed by atoms with E-state index >= 15 is 0 Å². The third kappa shape index (κ3) is 3.12. The molecule has 0 spiro atoms. The maximum absolute atomic E-state index is 11.5. The van der Waals surface area contributed by atoms with Gasteiger partial charge >= 0.3 is 14.7 Å². The van der Waals surface area contributed by atoms with Crippen LogP contribution in [0.2, 0.25) is 0 Å². The predicted octanol–water partition coefficient (Wildman–Crippen LogP) is 1.96. The number of hydrogen-bond donors (Lipinski definition) is 2. The highest BCUT2D eigenvalue weighted by atomic mass is 31.2. The van der Waals surface area contributed by atoms with Crippen molar-refractivity contribution in [1.29, 1.82) is 0 Å². The van der Waals surface area contributed by atoms with Crippen LogP contribution in [-0.4, -0.2) is 33.7 Å². The van der Waals surface area contributed by atoms with E-state index in [0.29, 0.717) is 12.8 Å². The first-order chi connectivity index (χ1) is 7.51. The first kappa shape index (κ1) is 15.2. The van der Waals surface area contributed by atoms with Gasteiger partial charge < -0.3 is 19.1 Å². The standard InChI is InChI=1S/C10H22BO5P/c1-6-7-8(17(12,13)14)11-15-9(2,3)10(4,5)16-11/h8H,6-7H2,1-5H3,(H2,12,13,14). The fourth-order valence-electron chi connectivity index (χ4n) is 1.80. The molecule has 1 aliphatic heterocycles. The third-order valence-corrected chi connectivity index (χ3v) is 4.97. The van der Waals surface area contributed by atoms with Crippen molar-refractivity contribution < 1.29 is 23.7 Å². The van der Waals surface area contributed by atoms with Crippen LogP contribution in [-0.2, 0) is 13.9 Å². The molecule has 1 saturated heterocycles. The summed E-state index contributed by atoms with van der Waals surface area (Å²) in [6.07, 6.45) is 1.07. The summed E-state index contributed by atoms with van der Waals surface area (Å²) >= 11 is 0. The van der Waals surface area contributed by atoms with E-state index in [1.807, 2.05) is 34.6 Å². The zero-order valence-electron chi connectivity index (χ0n) is 11.1. The normalized spacial score (nSPS) is 25.0. The smallest absolute Gasteiger partial charge is 0.403 e. The highest BCUT2D eigenvalue weighted by Crippen LogP contribution is 2.49. The summed E-state index contributed by atoms with van der Waals surface area (Å²) in [5, 5.41) is 0. The SMILES string of the molecule is CCCC(B1OC(C)(C)C(C)(C)O1)P(=O)(O)O. The molecule has 1 unspecified atom stereocenters. The maximum atomic E-state index is 11.5. The van der Waals surface area contributed by atoms with Crippen molar-refractivity contribution in [1.82, 2.24) is 0 Å². The van der Waals surface area contributed by atoms with Gasteiger partial charge in [0.2, 0.25) is 0 Å². The second kappa shape index (κ2) is 4.67. The lowest BCUT2D eigenvalue weighted by atomic mass is 9.81. The second-order valence-electron chi connectivity index (χ2n) is 5.57. The van der Waals surface area contributed by atoms with E-state index in [0.717, 1.165) is 0 Å². The Hall–Kier alpha value is 0.135. The van der Waals surface area contributed by atoms with Crippen LogP contribution in [0, 0.1) is 0 Å². The van der Waals surface area contributed by atoms with E-state index < -0.39 is 31.5 Å². The summed E-state index contributed by atoms with van der Waals surface area (Å²) in [5.41, 5.74) is -1.99. The van der Waals surface area contributed by atoms with Crippen LogP contribution in [0.1, 0.15) is 47.5 Å². The molecule has 17 heavy (non-hydrogen) atoms. The maximum Gasteiger partial charge on any atom is 0.473 e. The molecule has 1 aliphatic rings. The van der Waals surface area contributed by atoms with Crippen molar-refractivity contribution >= 4 is 14.7 Å². The lowest BCUT2D eigenvalue weighted by molar-refractivity contribution is 0.00578. The molecular formula is C10H22BO5P. The molecule has 0 aromatic heterocycles. The van der Waals surface area contributed by atoms with Crippen molar-refractivity contribution in [3.63, 3.8) is 0 Å². The molecule has 0 aromatic carbocycles. The Morgan fingerprint density at radius 2 is 1.59 bits per heavy atom. The summed E-state index contributed by atoms with van der Waals surface area (Å²) in [6.45, 7) is 9.37. The average molecular weight is 264 g/mol. The highest BCUT2D eigenvalue weighted by Gasteiger charge is 2.57. The van der Waals surface area contributed by atoms with Gasteiger partial charge in [0.05, 0.1) is 16.8 Å². The molecule has 0 aliphatic carbocycles. The number of hydrogen-bond acceptors (Lipinski definition) is 3. The van der Waals surface area contributed by atoms with Gasteiger partial charge in [0, 0.05) is 0 Å². The monoisotopic (exact) mass is 264 g/mol. The Labute approximate surface area is 103 Å². The summed E-state index contributed by atoms with van der Waals surface area (Å²) < 4.78 is 22.8. The minimum Gasteiger partial charge on any atom is -0.403 e. The summed E-state index contributed by atoms with van der Waals surface area (Å²) in [7, 11) is -5.04. The van der Waals surface area contributed by atoms with Gasteiger partial charge in [-0.15, -0.1) is 0 Å². The summed E-state index contributed by atoms with van der Waals surface area (Å²) in [4.78, 5) is 18.7. The Kier molecular flexibility index (Phi) is 4.17. The minimum atomic E-state index is -4.20. The van der Waals surface area contributed by atoms with Crippen LogP contribution in [0.4, 0.5) is 0 Å². The van der Waals surface area contributed by atoms with E-state index in [4.69, 9.17) is 9.31 Å². The Bertz CT molecular complexity index is 309. The topological polar surface area (TPSA) is 76.0 Å². The molecular weight excluding hydrogens is 242 g/mol.